The van der Waals surface area contributed by atoms with Gasteiger partial charge in [-0.05, 0) is 35.7 Å². The molecule has 0 aliphatic rings. The van der Waals surface area contributed by atoms with E-state index in [0.717, 1.165) is 18.9 Å². The molecule has 2 unspecified atom stereocenters. The number of nitrogens with zero attached hydrogens (tertiary/aromatic N) is 4. The summed E-state index contributed by atoms with van der Waals surface area (Å²) >= 11 is 0. The van der Waals surface area contributed by atoms with Gasteiger partial charge < -0.3 is 5.32 Å². The highest BCUT2D eigenvalue weighted by atomic mass is 15.5. The molecule has 5 heteroatoms. The van der Waals surface area contributed by atoms with Crippen molar-refractivity contribution in [2.24, 2.45) is 11.8 Å². The van der Waals surface area contributed by atoms with Crippen molar-refractivity contribution in [1.29, 1.82) is 0 Å². The van der Waals surface area contributed by atoms with E-state index in [-0.39, 0.29) is 6.04 Å². The quantitative estimate of drug-likeness (QED) is 0.799. The van der Waals surface area contributed by atoms with Gasteiger partial charge in [-0.3, -0.25) is 0 Å². The molecule has 1 N–H and O–H groups in total. The van der Waals surface area contributed by atoms with Gasteiger partial charge in [0.15, 0.2) is 5.82 Å². The number of rotatable bonds is 6. The highest BCUT2D eigenvalue weighted by molar-refractivity contribution is 4.89. The Morgan fingerprint density at radius 3 is 2.50 bits per heavy atom. The van der Waals surface area contributed by atoms with Gasteiger partial charge in [0.1, 0.15) is 0 Å². The van der Waals surface area contributed by atoms with Gasteiger partial charge in [0, 0.05) is 6.54 Å². The average Bonchev–Trinajstić information content (AvgIpc) is 2.66. The third kappa shape index (κ3) is 3.27. The van der Waals surface area contributed by atoms with Crippen molar-refractivity contribution in [1.82, 2.24) is 25.5 Å². The minimum atomic E-state index is 0.208. The zero-order chi connectivity index (χ0) is 12.1. The van der Waals surface area contributed by atoms with Crippen molar-refractivity contribution >= 4 is 0 Å². The summed E-state index contributed by atoms with van der Waals surface area (Å²) in [7, 11) is 0. The van der Waals surface area contributed by atoms with Crippen LogP contribution in [-0.2, 0) is 6.54 Å². The van der Waals surface area contributed by atoms with Crippen LogP contribution in [0, 0.1) is 11.8 Å². The summed E-state index contributed by atoms with van der Waals surface area (Å²) in [5.41, 5.74) is 0. The molecule has 0 aromatic carbocycles. The molecule has 1 rings (SSSR count). The van der Waals surface area contributed by atoms with Crippen LogP contribution in [0.3, 0.4) is 0 Å². The van der Waals surface area contributed by atoms with E-state index in [4.69, 9.17) is 0 Å². The summed E-state index contributed by atoms with van der Waals surface area (Å²) < 4.78 is 1.91. The molecule has 0 aliphatic heterocycles. The predicted octanol–water partition coefficient (Wildman–Crippen LogP) is 1.64. The fraction of sp³-hybridized carbons (Fsp3) is 0.909. The molecule has 0 radical (unpaired) electrons. The topological polar surface area (TPSA) is 55.6 Å². The Hall–Kier alpha value is -0.970. The number of hydrogen-bond donors (Lipinski definition) is 1. The smallest absolute Gasteiger partial charge is 0.167 e. The molecule has 0 saturated heterocycles. The minimum Gasteiger partial charge on any atom is -0.308 e. The highest BCUT2D eigenvalue weighted by Gasteiger charge is 2.16. The first-order valence-electron chi connectivity index (χ1n) is 6.05. The fourth-order valence-corrected chi connectivity index (χ4v) is 1.53. The predicted molar refractivity (Wildman–Crippen MR) is 63.9 cm³/mol. The van der Waals surface area contributed by atoms with E-state index in [1.807, 2.05) is 4.68 Å². The monoisotopic (exact) mass is 225 g/mol. The maximum absolute atomic E-state index is 4.09. The summed E-state index contributed by atoms with van der Waals surface area (Å²) in [5, 5.41) is 15.2. The Kier molecular flexibility index (Phi) is 4.86. The molecule has 1 aromatic rings. The Morgan fingerprint density at radius 1 is 1.25 bits per heavy atom. The van der Waals surface area contributed by atoms with Crippen LogP contribution >= 0.6 is 0 Å². The summed E-state index contributed by atoms with van der Waals surface area (Å²) in [6.07, 6.45) is 0. The van der Waals surface area contributed by atoms with Crippen molar-refractivity contribution in [3.05, 3.63) is 5.82 Å². The van der Waals surface area contributed by atoms with Crippen LogP contribution < -0.4 is 5.32 Å². The second kappa shape index (κ2) is 5.94. The maximum Gasteiger partial charge on any atom is 0.167 e. The number of hydrogen-bond acceptors (Lipinski definition) is 4. The van der Waals surface area contributed by atoms with E-state index in [1.165, 1.54) is 0 Å². The zero-order valence-electron chi connectivity index (χ0n) is 10.9. The van der Waals surface area contributed by atoms with Gasteiger partial charge in [0.05, 0.1) is 6.04 Å². The summed E-state index contributed by atoms with van der Waals surface area (Å²) in [4.78, 5) is 0. The molecule has 92 valence electrons. The van der Waals surface area contributed by atoms with E-state index in [1.54, 1.807) is 0 Å². The number of aromatic nitrogens is 4. The molecule has 5 nitrogen and oxygen atoms in total. The van der Waals surface area contributed by atoms with Crippen molar-refractivity contribution in [3.63, 3.8) is 0 Å². The van der Waals surface area contributed by atoms with Gasteiger partial charge >= 0.3 is 0 Å². The van der Waals surface area contributed by atoms with Crippen LogP contribution in [0.4, 0.5) is 0 Å². The van der Waals surface area contributed by atoms with Crippen LogP contribution in [0.5, 0.6) is 0 Å². The molecule has 0 aliphatic carbocycles. The summed E-state index contributed by atoms with van der Waals surface area (Å²) in [6, 6.07) is 0.208. The van der Waals surface area contributed by atoms with Gasteiger partial charge in [0.25, 0.3) is 0 Å². The van der Waals surface area contributed by atoms with Crippen LogP contribution in [-0.4, -0.2) is 26.8 Å². The molecule has 1 heterocycles. The standard InChI is InChI=1S/C11H23N5/c1-6-12-10(5)11-13-14-15-16(11)7-9(4)8(2)3/h8-10,12H,6-7H2,1-5H3. The van der Waals surface area contributed by atoms with Crippen molar-refractivity contribution in [2.75, 3.05) is 6.54 Å². The maximum atomic E-state index is 4.09. The van der Waals surface area contributed by atoms with E-state index in [9.17, 15) is 0 Å². The normalized spacial score (nSPS) is 15.4. The second-order valence-electron chi connectivity index (χ2n) is 4.72. The van der Waals surface area contributed by atoms with Crippen molar-refractivity contribution < 1.29 is 0 Å². The largest absolute Gasteiger partial charge is 0.308 e. The first kappa shape index (κ1) is 13.1. The molecule has 0 amide bonds. The fourth-order valence-electron chi connectivity index (χ4n) is 1.53. The molecule has 0 bridgehead atoms. The first-order chi connectivity index (χ1) is 7.56. The third-order valence-corrected chi connectivity index (χ3v) is 3.06. The SMILES string of the molecule is CCNC(C)c1nnnn1CC(C)C(C)C. The van der Waals surface area contributed by atoms with Gasteiger partial charge in [0.2, 0.25) is 0 Å². The van der Waals surface area contributed by atoms with Crippen LogP contribution in [0.1, 0.15) is 46.5 Å². The Bertz CT molecular complexity index is 307. The van der Waals surface area contributed by atoms with E-state index >= 15 is 0 Å². The summed E-state index contributed by atoms with van der Waals surface area (Å²) in [6.45, 7) is 12.7. The lowest BCUT2D eigenvalue weighted by atomic mass is 9.98. The molecular formula is C11H23N5. The lowest BCUT2D eigenvalue weighted by molar-refractivity contribution is 0.333. The van der Waals surface area contributed by atoms with Crippen molar-refractivity contribution in [2.45, 2.75) is 47.2 Å². The first-order valence-corrected chi connectivity index (χ1v) is 6.05. The summed E-state index contributed by atoms with van der Waals surface area (Å²) in [5.74, 6) is 2.15. The second-order valence-corrected chi connectivity index (χ2v) is 4.72. The van der Waals surface area contributed by atoms with Gasteiger partial charge in [-0.25, -0.2) is 4.68 Å². The molecule has 16 heavy (non-hydrogen) atoms. The number of nitrogens with one attached hydrogen (secondary N) is 1. The van der Waals surface area contributed by atoms with Gasteiger partial charge in [-0.15, -0.1) is 5.10 Å². The Balaban J connectivity index is 2.70. The van der Waals surface area contributed by atoms with E-state index < -0.39 is 0 Å². The highest BCUT2D eigenvalue weighted by Crippen LogP contribution is 2.14. The molecule has 0 saturated carbocycles. The Labute approximate surface area is 97.6 Å². The molecule has 0 spiro atoms. The molecule has 2 atom stereocenters. The number of tetrazole rings is 1. The van der Waals surface area contributed by atoms with Gasteiger partial charge in [-0.1, -0.05) is 27.7 Å². The average molecular weight is 225 g/mol. The van der Waals surface area contributed by atoms with E-state index in [2.05, 4.69) is 55.5 Å². The third-order valence-electron chi connectivity index (χ3n) is 3.06. The Morgan fingerprint density at radius 2 is 1.94 bits per heavy atom. The van der Waals surface area contributed by atoms with Crippen molar-refractivity contribution in [3.8, 4) is 0 Å². The van der Waals surface area contributed by atoms with Crippen LogP contribution in [0.25, 0.3) is 0 Å². The molecular weight excluding hydrogens is 202 g/mol. The van der Waals surface area contributed by atoms with Crippen LogP contribution in [0.2, 0.25) is 0 Å². The lowest BCUT2D eigenvalue weighted by Crippen LogP contribution is -2.24. The van der Waals surface area contributed by atoms with Gasteiger partial charge in [-0.2, -0.15) is 0 Å². The molecule has 0 fully saturated rings. The van der Waals surface area contributed by atoms with Crippen LogP contribution in [0.15, 0.2) is 0 Å². The minimum absolute atomic E-state index is 0.208. The van der Waals surface area contributed by atoms with E-state index in [0.29, 0.717) is 11.8 Å². The zero-order valence-corrected chi connectivity index (χ0v) is 10.9. The molecule has 1 aromatic heterocycles. The lowest BCUT2D eigenvalue weighted by Gasteiger charge is -2.17.